The summed E-state index contributed by atoms with van der Waals surface area (Å²) in [5.74, 6) is 1.37. The van der Waals surface area contributed by atoms with E-state index in [1.807, 2.05) is 42.5 Å². The third-order valence-corrected chi connectivity index (χ3v) is 4.91. The topological polar surface area (TPSA) is 66.2 Å². The number of fused-ring (bicyclic) bond motifs is 2. The van der Waals surface area contributed by atoms with E-state index in [4.69, 9.17) is 4.42 Å². The van der Waals surface area contributed by atoms with Gasteiger partial charge >= 0.3 is 0 Å². The molecule has 0 atom stereocenters. The highest BCUT2D eigenvalue weighted by atomic mass is 16.3. The van der Waals surface area contributed by atoms with Crippen molar-refractivity contribution in [1.29, 1.82) is 0 Å². The number of para-hydroxylation sites is 2. The van der Waals surface area contributed by atoms with Crippen LogP contribution in [0.5, 0.6) is 0 Å². The molecule has 2 heterocycles. The lowest BCUT2D eigenvalue weighted by molar-refractivity contribution is 0.618. The molecule has 0 saturated carbocycles. The molecule has 29 heavy (non-hydrogen) atoms. The number of aromatic amines is 1. The molecule has 0 spiro atoms. The van der Waals surface area contributed by atoms with Gasteiger partial charge in [0.15, 0.2) is 0 Å². The number of aromatic nitrogens is 2. The van der Waals surface area contributed by atoms with Crippen LogP contribution < -0.4 is 10.8 Å². The summed E-state index contributed by atoms with van der Waals surface area (Å²) in [5, 5.41) is 6.36. The fourth-order valence-corrected chi connectivity index (χ4v) is 3.35. The van der Waals surface area contributed by atoms with E-state index in [1.165, 1.54) is 5.56 Å². The average molecular weight is 380 g/mol. The van der Waals surface area contributed by atoms with E-state index < -0.39 is 0 Å². The molecule has 0 unspecified atom stereocenters. The first-order valence-electron chi connectivity index (χ1n) is 9.52. The predicted molar refractivity (Wildman–Crippen MR) is 116 cm³/mol. The number of nitrogens with zero attached hydrogens (tertiary/aromatic N) is 2. The van der Waals surface area contributed by atoms with Gasteiger partial charge in [-0.15, -0.1) is 0 Å². The molecule has 0 radical (unpaired) electrons. The van der Waals surface area contributed by atoms with Gasteiger partial charge in [-0.05, 0) is 43.7 Å². The number of hydrogen-bond acceptors (Lipinski definition) is 4. The zero-order valence-electron chi connectivity index (χ0n) is 16.2. The van der Waals surface area contributed by atoms with Crippen molar-refractivity contribution < 1.29 is 4.42 Å². The van der Waals surface area contributed by atoms with E-state index in [-0.39, 0.29) is 0 Å². The highest BCUT2D eigenvalue weighted by molar-refractivity contribution is 5.79. The van der Waals surface area contributed by atoms with Gasteiger partial charge in [-0.25, -0.2) is 10.4 Å². The van der Waals surface area contributed by atoms with Crippen molar-refractivity contribution >= 4 is 28.0 Å². The average Bonchev–Trinajstić information content (AvgIpc) is 3.15. The smallest absolute Gasteiger partial charge is 0.222 e. The monoisotopic (exact) mass is 380 g/mol. The Morgan fingerprint density at radius 2 is 1.69 bits per heavy atom. The van der Waals surface area contributed by atoms with Gasteiger partial charge in [-0.1, -0.05) is 48.0 Å². The highest BCUT2D eigenvalue weighted by Crippen LogP contribution is 2.23. The lowest BCUT2D eigenvalue weighted by Gasteiger charge is -2.06. The van der Waals surface area contributed by atoms with Crippen LogP contribution >= 0.6 is 0 Å². The van der Waals surface area contributed by atoms with Crippen molar-refractivity contribution in [2.24, 2.45) is 5.10 Å². The van der Waals surface area contributed by atoms with Crippen molar-refractivity contribution in [3.8, 4) is 11.3 Å². The largest absolute Gasteiger partial charge is 0.456 e. The maximum Gasteiger partial charge on any atom is 0.222 e. The van der Waals surface area contributed by atoms with Gasteiger partial charge < -0.3 is 9.40 Å². The van der Waals surface area contributed by atoms with Crippen LogP contribution in [0, 0.1) is 13.8 Å². The number of hydrogen-bond donors (Lipinski definition) is 2. The van der Waals surface area contributed by atoms with Crippen LogP contribution in [0.1, 0.15) is 11.1 Å². The third kappa shape index (κ3) is 3.38. The molecule has 3 aromatic carbocycles. The first-order chi connectivity index (χ1) is 14.2. The minimum absolute atomic E-state index is 0.601. The Hall–Kier alpha value is -3.86. The van der Waals surface area contributed by atoms with E-state index in [0.29, 0.717) is 5.95 Å². The number of benzene rings is 3. The molecule has 5 aromatic rings. The summed E-state index contributed by atoms with van der Waals surface area (Å²) < 4.78 is 6.20. The Morgan fingerprint density at radius 1 is 0.897 bits per heavy atom. The van der Waals surface area contributed by atoms with Crippen LogP contribution in [0.25, 0.3) is 33.3 Å². The number of H-pyrrole nitrogens is 1. The molecule has 5 rings (SSSR count). The third-order valence-electron chi connectivity index (χ3n) is 4.91. The molecule has 0 saturated heterocycles. The van der Waals surface area contributed by atoms with Crippen molar-refractivity contribution in [1.82, 2.24) is 9.97 Å². The molecule has 2 aromatic heterocycles. The molecular weight excluding hydrogens is 360 g/mol. The molecule has 0 fully saturated rings. The van der Waals surface area contributed by atoms with E-state index in [9.17, 15) is 0 Å². The molecule has 0 aliphatic carbocycles. The lowest BCUT2D eigenvalue weighted by atomic mass is 10.1. The van der Waals surface area contributed by atoms with Crippen LogP contribution in [0.15, 0.2) is 82.3 Å². The standard InChI is InChI=1S/C24H20N4O/c1-15-7-10-17(11-8-15)22-14-21(18-12-9-16(2)13-23(18)29-22)27-28-24-25-19-5-3-4-6-20(19)26-24/h3-14H,1-2H3,(H2,25,26,28)/b27-21+. The molecule has 5 heteroatoms. The summed E-state index contributed by atoms with van der Waals surface area (Å²) in [5.41, 5.74) is 9.09. The molecule has 0 aliphatic heterocycles. The fraction of sp³-hybridized carbons (Fsp3) is 0.0833. The zero-order chi connectivity index (χ0) is 19.8. The number of nitrogens with one attached hydrogen (secondary N) is 2. The van der Waals surface area contributed by atoms with Gasteiger partial charge in [-0.2, -0.15) is 5.10 Å². The Labute approximate surface area is 167 Å². The van der Waals surface area contributed by atoms with Crippen LogP contribution in [0.2, 0.25) is 0 Å². The Kier molecular flexibility index (Phi) is 4.13. The fourth-order valence-electron chi connectivity index (χ4n) is 3.35. The van der Waals surface area contributed by atoms with Gasteiger partial charge in [0.05, 0.1) is 16.4 Å². The summed E-state index contributed by atoms with van der Waals surface area (Å²) in [6, 6.07) is 24.3. The summed E-state index contributed by atoms with van der Waals surface area (Å²) in [6.45, 7) is 4.12. The van der Waals surface area contributed by atoms with E-state index in [2.05, 4.69) is 64.7 Å². The van der Waals surface area contributed by atoms with Crippen LogP contribution in [0.3, 0.4) is 0 Å². The molecular formula is C24H20N4O. The normalized spacial score (nSPS) is 12.0. The summed E-state index contributed by atoms with van der Waals surface area (Å²) in [4.78, 5) is 7.76. The van der Waals surface area contributed by atoms with E-state index >= 15 is 0 Å². The molecule has 5 nitrogen and oxygen atoms in total. The predicted octanol–water partition coefficient (Wildman–Crippen LogP) is 5.52. The van der Waals surface area contributed by atoms with Crippen molar-refractivity contribution in [3.63, 3.8) is 0 Å². The van der Waals surface area contributed by atoms with Gasteiger partial charge in [0.25, 0.3) is 0 Å². The lowest BCUT2D eigenvalue weighted by Crippen LogP contribution is -2.08. The minimum atomic E-state index is 0.601. The first-order valence-corrected chi connectivity index (χ1v) is 9.52. The summed E-state index contributed by atoms with van der Waals surface area (Å²) in [7, 11) is 0. The second kappa shape index (κ2) is 6.95. The van der Waals surface area contributed by atoms with Gasteiger partial charge in [0.1, 0.15) is 11.3 Å². The van der Waals surface area contributed by atoms with Crippen LogP contribution in [-0.4, -0.2) is 9.97 Å². The molecule has 2 N–H and O–H groups in total. The SMILES string of the molecule is Cc1ccc(-c2c/c(=N\Nc3nc4ccccc4[nH]3)c3ccc(C)cc3o2)cc1. The number of anilines is 1. The van der Waals surface area contributed by atoms with Gasteiger partial charge in [0, 0.05) is 17.0 Å². The summed E-state index contributed by atoms with van der Waals surface area (Å²) in [6.07, 6.45) is 0. The highest BCUT2D eigenvalue weighted by Gasteiger charge is 2.07. The molecule has 0 aliphatic rings. The second-order valence-electron chi connectivity index (χ2n) is 7.19. The van der Waals surface area contributed by atoms with Crippen molar-refractivity contribution in [2.75, 3.05) is 5.43 Å². The number of imidazole rings is 1. The Bertz CT molecular complexity index is 1360. The second-order valence-corrected chi connectivity index (χ2v) is 7.19. The minimum Gasteiger partial charge on any atom is -0.456 e. The number of aryl methyl sites for hydroxylation is 2. The Balaban J connectivity index is 1.64. The Morgan fingerprint density at radius 3 is 2.52 bits per heavy atom. The van der Waals surface area contributed by atoms with Gasteiger partial charge in [0.2, 0.25) is 5.95 Å². The van der Waals surface area contributed by atoms with Crippen molar-refractivity contribution in [3.05, 3.63) is 89.3 Å². The van der Waals surface area contributed by atoms with E-state index in [1.54, 1.807) is 0 Å². The van der Waals surface area contributed by atoms with Crippen LogP contribution in [0.4, 0.5) is 5.95 Å². The first kappa shape index (κ1) is 17.3. The zero-order valence-corrected chi connectivity index (χ0v) is 16.2. The van der Waals surface area contributed by atoms with Crippen molar-refractivity contribution in [2.45, 2.75) is 13.8 Å². The summed E-state index contributed by atoms with van der Waals surface area (Å²) >= 11 is 0. The molecule has 0 amide bonds. The van der Waals surface area contributed by atoms with Gasteiger partial charge in [-0.3, -0.25) is 0 Å². The number of rotatable bonds is 3. The molecule has 142 valence electrons. The maximum atomic E-state index is 6.20. The van der Waals surface area contributed by atoms with Crippen LogP contribution in [-0.2, 0) is 0 Å². The maximum absolute atomic E-state index is 6.20. The molecule has 0 bridgehead atoms. The van der Waals surface area contributed by atoms with E-state index in [0.717, 1.165) is 44.2 Å². The quantitative estimate of drug-likeness (QED) is 0.405.